The van der Waals surface area contributed by atoms with Crippen LogP contribution in [-0.4, -0.2) is 33.0 Å². The van der Waals surface area contributed by atoms with E-state index >= 15 is 0 Å². The van der Waals surface area contributed by atoms with Crippen LogP contribution < -0.4 is 10.5 Å². The SMILES string of the molecule is CCCOCCOCCOc1ccc(CN)cc1. The molecule has 0 saturated carbocycles. The molecule has 0 aliphatic rings. The molecule has 0 radical (unpaired) electrons. The normalized spacial score (nSPS) is 10.6. The zero-order valence-corrected chi connectivity index (χ0v) is 11.1. The van der Waals surface area contributed by atoms with Crippen LogP contribution in [0.3, 0.4) is 0 Å². The molecule has 4 heteroatoms. The third-order valence-electron chi connectivity index (χ3n) is 2.38. The molecule has 0 atom stereocenters. The highest BCUT2D eigenvalue weighted by Gasteiger charge is 1.95. The second-order valence-electron chi connectivity index (χ2n) is 3.92. The summed E-state index contributed by atoms with van der Waals surface area (Å²) in [4.78, 5) is 0. The number of nitrogens with two attached hydrogens (primary N) is 1. The third-order valence-corrected chi connectivity index (χ3v) is 2.38. The highest BCUT2D eigenvalue weighted by molar-refractivity contribution is 5.26. The van der Waals surface area contributed by atoms with Crippen LogP contribution in [0.2, 0.25) is 0 Å². The van der Waals surface area contributed by atoms with Crippen LogP contribution >= 0.6 is 0 Å². The standard InChI is InChI=1S/C14H23NO3/c1-2-7-16-8-9-17-10-11-18-14-5-3-13(12-15)4-6-14/h3-6H,2,7-12,15H2,1H3. The van der Waals surface area contributed by atoms with E-state index in [1.54, 1.807) is 0 Å². The average molecular weight is 253 g/mol. The predicted molar refractivity (Wildman–Crippen MR) is 71.8 cm³/mol. The van der Waals surface area contributed by atoms with Crippen molar-refractivity contribution in [3.05, 3.63) is 29.8 Å². The molecule has 1 rings (SSSR count). The van der Waals surface area contributed by atoms with Crippen molar-refractivity contribution in [3.63, 3.8) is 0 Å². The summed E-state index contributed by atoms with van der Waals surface area (Å²) in [7, 11) is 0. The van der Waals surface area contributed by atoms with E-state index in [0.29, 0.717) is 33.0 Å². The molecule has 1 aromatic carbocycles. The molecule has 1 aromatic rings. The van der Waals surface area contributed by atoms with Gasteiger partial charge in [-0.3, -0.25) is 0 Å². The Bertz CT molecular complexity index is 300. The van der Waals surface area contributed by atoms with Crippen molar-refractivity contribution in [1.29, 1.82) is 0 Å². The number of rotatable bonds is 10. The Kier molecular flexibility index (Phi) is 8.21. The Morgan fingerprint density at radius 1 is 0.889 bits per heavy atom. The van der Waals surface area contributed by atoms with Gasteiger partial charge in [0.2, 0.25) is 0 Å². The highest BCUT2D eigenvalue weighted by Crippen LogP contribution is 2.11. The van der Waals surface area contributed by atoms with Gasteiger partial charge in [0.25, 0.3) is 0 Å². The summed E-state index contributed by atoms with van der Waals surface area (Å²) in [5, 5.41) is 0. The van der Waals surface area contributed by atoms with E-state index in [9.17, 15) is 0 Å². The molecule has 0 bridgehead atoms. The first-order chi connectivity index (χ1) is 8.86. The van der Waals surface area contributed by atoms with E-state index in [1.807, 2.05) is 24.3 Å². The summed E-state index contributed by atoms with van der Waals surface area (Å²) in [6.07, 6.45) is 1.04. The van der Waals surface area contributed by atoms with Crippen LogP contribution in [-0.2, 0) is 16.0 Å². The van der Waals surface area contributed by atoms with Gasteiger partial charge in [-0.25, -0.2) is 0 Å². The van der Waals surface area contributed by atoms with E-state index in [0.717, 1.165) is 24.3 Å². The minimum Gasteiger partial charge on any atom is -0.491 e. The molecule has 4 nitrogen and oxygen atoms in total. The molecule has 18 heavy (non-hydrogen) atoms. The van der Waals surface area contributed by atoms with Crippen LogP contribution in [0.1, 0.15) is 18.9 Å². The maximum absolute atomic E-state index is 5.53. The monoisotopic (exact) mass is 253 g/mol. The number of hydrogen-bond acceptors (Lipinski definition) is 4. The number of ether oxygens (including phenoxy) is 3. The van der Waals surface area contributed by atoms with Crippen LogP contribution in [0.4, 0.5) is 0 Å². The Balaban J connectivity index is 2.00. The molecular formula is C14H23NO3. The maximum Gasteiger partial charge on any atom is 0.119 e. The maximum atomic E-state index is 5.53. The topological polar surface area (TPSA) is 53.7 Å². The lowest BCUT2D eigenvalue weighted by atomic mass is 10.2. The Labute approximate surface area is 109 Å². The van der Waals surface area contributed by atoms with Crippen molar-refractivity contribution < 1.29 is 14.2 Å². The first kappa shape index (κ1) is 15.0. The van der Waals surface area contributed by atoms with Gasteiger partial charge in [0, 0.05) is 13.2 Å². The lowest BCUT2D eigenvalue weighted by molar-refractivity contribution is 0.0366. The van der Waals surface area contributed by atoms with Gasteiger partial charge in [-0.15, -0.1) is 0 Å². The molecule has 0 amide bonds. The smallest absolute Gasteiger partial charge is 0.119 e. The zero-order chi connectivity index (χ0) is 13.1. The summed E-state index contributed by atoms with van der Waals surface area (Å²) in [6.45, 7) is 5.84. The van der Waals surface area contributed by atoms with Crippen LogP contribution in [0.15, 0.2) is 24.3 Å². The molecule has 0 fully saturated rings. The molecular weight excluding hydrogens is 230 g/mol. The molecule has 0 saturated heterocycles. The first-order valence-corrected chi connectivity index (χ1v) is 6.44. The lowest BCUT2D eigenvalue weighted by Crippen LogP contribution is -2.11. The summed E-state index contributed by atoms with van der Waals surface area (Å²) in [5.74, 6) is 0.845. The minimum absolute atomic E-state index is 0.551. The first-order valence-electron chi connectivity index (χ1n) is 6.44. The van der Waals surface area contributed by atoms with Crippen molar-refractivity contribution in [3.8, 4) is 5.75 Å². The molecule has 0 spiro atoms. The van der Waals surface area contributed by atoms with Crippen molar-refractivity contribution in [2.75, 3.05) is 33.0 Å². The molecule has 0 aliphatic heterocycles. The van der Waals surface area contributed by atoms with Gasteiger partial charge in [0.1, 0.15) is 12.4 Å². The van der Waals surface area contributed by atoms with Gasteiger partial charge < -0.3 is 19.9 Å². The second kappa shape index (κ2) is 9.88. The van der Waals surface area contributed by atoms with Crippen LogP contribution in [0, 0.1) is 0 Å². The Morgan fingerprint density at radius 3 is 2.11 bits per heavy atom. The van der Waals surface area contributed by atoms with Gasteiger partial charge in [-0.05, 0) is 24.1 Å². The number of hydrogen-bond donors (Lipinski definition) is 1. The fourth-order valence-electron chi connectivity index (χ4n) is 1.41. The minimum atomic E-state index is 0.551. The number of benzene rings is 1. The van der Waals surface area contributed by atoms with Gasteiger partial charge in [0.15, 0.2) is 0 Å². The zero-order valence-electron chi connectivity index (χ0n) is 11.1. The Hall–Kier alpha value is -1.10. The van der Waals surface area contributed by atoms with E-state index in [2.05, 4.69) is 6.92 Å². The fraction of sp³-hybridized carbons (Fsp3) is 0.571. The molecule has 102 valence electrons. The molecule has 0 aromatic heterocycles. The van der Waals surface area contributed by atoms with E-state index < -0.39 is 0 Å². The largest absolute Gasteiger partial charge is 0.491 e. The average Bonchev–Trinajstić information content (AvgIpc) is 2.42. The lowest BCUT2D eigenvalue weighted by Gasteiger charge is -2.08. The summed E-state index contributed by atoms with van der Waals surface area (Å²) in [6, 6.07) is 7.78. The third kappa shape index (κ3) is 6.59. The Morgan fingerprint density at radius 2 is 1.50 bits per heavy atom. The molecule has 0 unspecified atom stereocenters. The second-order valence-corrected chi connectivity index (χ2v) is 3.92. The van der Waals surface area contributed by atoms with Gasteiger partial charge in [-0.2, -0.15) is 0 Å². The molecule has 0 aliphatic carbocycles. The van der Waals surface area contributed by atoms with Crippen LogP contribution in [0.25, 0.3) is 0 Å². The fourth-order valence-corrected chi connectivity index (χ4v) is 1.41. The van der Waals surface area contributed by atoms with Gasteiger partial charge >= 0.3 is 0 Å². The molecule has 0 heterocycles. The quantitative estimate of drug-likeness (QED) is 0.648. The van der Waals surface area contributed by atoms with Crippen molar-refractivity contribution in [2.24, 2.45) is 5.73 Å². The van der Waals surface area contributed by atoms with Crippen molar-refractivity contribution >= 4 is 0 Å². The van der Waals surface area contributed by atoms with Crippen LogP contribution in [0.5, 0.6) is 5.75 Å². The summed E-state index contributed by atoms with van der Waals surface area (Å²) < 4.78 is 16.2. The van der Waals surface area contributed by atoms with Gasteiger partial charge in [0.05, 0.1) is 19.8 Å². The van der Waals surface area contributed by atoms with Crippen molar-refractivity contribution in [1.82, 2.24) is 0 Å². The predicted octanol–water partition coefficient (Wildman–Crippen LogP) is 1.97. The highest BCUT2D eigenvalue weighted by atomic mass is 16.5. The van der Waals surface area contributed by atoms with Gasteiger partial charge in [-0.1, -0.05) is 19.1 Å². The summed E-state index contributed by atoms with van der Waals surface area (Å²) >= 11 is 0. The molecule has 2 N–H and O–H groups in total. The van der Waals surface area contributed by atoms with Crippen molar-refractivity contribution in [2.45, 2.75) is 19.9 Å². The summed E-state index contributed by atoms with van der Waals surface area (Å²) in [5.41, 5.74) is 6.62. The van der Waals surface area contributed by atoms with E-state index in [1.165, 1.54) is 0 Å². The van der Waals surface area contributed by atoms with E-state index in [4.69, 9.17) is 19.9 Å². The van der Waals surface area contributed by atoms with E-state index in [-0.39, 0.29) is 0 Å².